The quantitative estimate of drug-likeness (QED) is 0.206. The fourth-order valence-corrected chi connectivity index (χ4v) is 6.78. The van der Waals surface area contributed by atoms with Crippen LogP contribution in [0.15, 0.2) is 108 Å². The van der Waals surface area contributed by atoms with Crippen molar-refractivity contribution in [1.82, 2.24) is 9.80 Å². The van der Waals surface area contributed by atoms with Crippen LogP contribution in [0.4, 0.5) is 9.59 Å². The summed E-state index contributed by atoms with van der Waals surface area (Å²) in [6.45, 7) is 23.2. The smallest absolute Gasteiger partial charge is 0.422 e. The molecule has 0 fully saturated rings. The van der Waals surface area contributed by atoms with E-state index in [-0.39, 0.29) is 33.4 Å². The molecule has 4 amide bonds. The molecule has 0 unspecified atom stereocenters. The van der Waals surface area contributed by atoms with Gasteiger partial charge in [-0.1, -0.05) is 139 Å². The summed E-state index contributed by atoms with van der Waals surface area (Å²) >= 11 is 0. The molecule has 8 nitrogen and oxygen atoms in total. The number of rotatable bonds is 4. The van der Waals surface area contributed by atoms with Gasteiger partial charge in [0.15, 0.2) is 0 Å². The van der Waals surface area contributed by atoms with Gasteiger partial charge < -0.3 is 9.47 Å². The van der Waals surface area contributed by atoms with Gasteiger partial charge in [0.05, 0.1) is 22.5 Å². The number of benzene rings is 4. The molecule has 56 heavy (non-hydrogen) atoms. The van der Waals surface area contributed by atoms with E-state index >= 15 is 0 Å². The molecule has 4 aromatic rings. The minimum Gasteiger partial charge on any atom is -0.443 e. The fraction of sp³-hybridized carbons (Fsp3) is 0.333. The van der Waals surface area contributed by atoms with Gasteiger partial charge in [0, 0.05) is 0 Å². The van der Waals surface area contributed by atoms with Gasteiger partial charge in [0.2, 0.25) is 0 Å². The number of imide groups is 2. The van der Waals surface area contributed by atoms with Crippen molar-refractivity contribution in [2.24, 2.45) is 0 Å². The van der Waals surface area contributed by atoms with Crippen LogP contribution in [0.5, 0.6) is 0 Å². The number of amides is 4. The first-order chi connectivity index (χ1) is 25.9. The molecular weight excluding hydrogens is 701 g/mol. The van der Waals surface area contributed by atoms with E-state index in [0.717, 1.165) is 32.1 Å². The van der Waals surface area contributed by atoms with Gasteiger partial charge >= 0.3 is 12.2 Å². The van der Waals surface area contributed by atoms with E-state index in [4.69, 9.17) is 9.47 Å². The molecule has 0 bridgehead atoms. The summed E-state index contributed by atoms with van der Waals surface area (Å²) in [4.78, 5) is 59.1. The van der Waals surface area contributed by atoms with Crippen molar-refractivity contribution < 1.29 is 28.7 Å². The van der Waals surface area contributed by atoms with Gasteiger partial charge in [-0.05, 0) is 96.9 Å². The monoisotopic (exact) mass is 752 g/mol. The number of ether oxygens (including phenoxy) is 2. The summed E-state index contributed by atoms with van der Waals surface area (Å²) in [6.07, 6.45) is -1.86. The van der Waals surface area contributed by atoms with E-state index in [0.29, 0.717) is 11.1 Å². The van der Waals surface area contributed by atoms with Crippen molar-refractivity contribution in [2.45, 2.75) is 105 Å². The third kappa shape index (κ3) is 7.97. The summed E-state index contributed by atoms with van der Waals surface area (Å²) in [5.41, 5.74) is 5.09. The van der Waals surface area contributed by atoms with E-state index in [2.05, 4.69) is 90.1 Å². The molecule has 2 heterocycles. The van der Waals surface area contributed by atoms with Crippen LogP contribution in [-0.2, 0) is 29.9 Å². The second-order valence-corrected chi connectivity index (χ2v) is 18.5. The molecule has 2 aliphatic rings. The highest BCUT2D eigenvalue weighted by atomic mass is 16.6. The first kappa shape index (κ1) is 39.9. The Labute approximate surface area is 330 Å². The van der Waals surface area contributed by atoms with Crippen LogP contribution in [0.1, 0.15) is 105 Å². The summed E-state index contributed by atoms with van der Waals surface area (Å²) in [7, 11) is 0. The van der Waals surface area contributed by atoms with Crippen LogP contribution < -0.4 is 0 Å². The summed E-state index contributed by atoms with van der Waals surface area (Å²) in [5, 5.41) is 0. The third-order valence-corrected chi connectivity index (χ3v) is 9.64. The summed E-state index contributed by atoms with van der Waals surface area (Å²) in [6, 6.07) is 31.2. The number of nitrogens with zero attached hydrogens (tertiary/aromatic N) is 2. The Bertz CT molecular complexity index is 2100. The molecule has 0 saturated carbocycles. The lowest BCUT2D eigenvalue weighted by atomic mass is 9.86. The molecule has 0 radical (unpaired) electrons. The Hall–Kier alpha value is -5.76. The second kappa shape index (κ2) is 14.1. The molecule has 290 valence electrons. The van der Waals surface area contributed by atoms with Crippen molar-refractivity contribution in [3.63, 3.8) is 0 Å². The van der Waals surface area contributed by atoms with Gasteiger partial charge in [-0.25, -0.2) is 19.4 Å². The zero-order valence-electron chi connectivity index (χ0n) is 34.6. The molecular formula is C48H52N2O6. The Morgan fingerprint density at radius 3 is 0.857 bits per heavy atom. The molecule has 4 aromatic carbocycles. The molecule has 8 heteroatoms. The van der Waals surface area contributed by atoms with Gasteiger partial charge in [-0.15, -0.1) is 0 Å². The maximum Gasteiger partial charge on any atom is 0.422 e. The van der Waals surface area contributed by atoms with Crippen molar-refractivity contribution in [1.29, 1.82) is 0 Å². The predicted octanol–water partition coefficient (Wildman–Crippen LogP) is 11.3. The van der Waals surface area contributed by atoms with E-state index < -0.39 is 35.2 Å². The zero-order valence-corrected chi connectivity index (χ0v) is 34.6. The number of carbonyl (C=O) groups excluding carboxylic acids is 4. The molecule has 2 aliphatic heterocycles. The average molecular weight is 753 g/mol. The largest absolute Gasteiger partial charge is 0.443 e. The van der Waals surface area contributed by atoms with Crippen LogP contribution in [0.3, 0.4) is 0 Å². The third-order valence-electron chi connectivity index (χ3n) is 9.64. The van der Waals surface area contributed by atoms with Crippen LogP contribution in [0.2, 0.25) is 0 Å². The molecule has 0 N–H and O–H groups in total. The maximum absolute atomic E-state index is 14.7. The standard InChI is InChI=1S/C48H52N2O6/c1-45(2,3)35-25-21-31(22-26-35)29-13-17-33(18-14-29)39-37-38(42(52)49(39)43(53)55-47(7,8)9)40(50(41(37)51)44(54)56-48(10,11)12)34-19-15-30(16-20-34)32-23-27-36(28-24-32)46(4,5)6/h13-28H,1-12H3. The van der Waals surface area contributed by atoms with E-state index in [1.54, 1.807) is 65.8 Å². The minimum atomic E-state index is -0.946. The molecule has 6 rings (SSSR count). The van der Waals surface area contributed by atoms with Crippen molar-refractivity contribution in [3.8, 4) is 22.3 Å². The minimum absolute atomic E-state index is 0.00186. The Morgan fingerprint density at radius 1 is 0.393 bits per heavy atom. The molecule has 0 aromatic heterocycles. The second-order valence-electron chi connectivity index (χ2n) is 18.5. The SMILES string of the molecule is CC(C)(C)OC(=O)N1C(=O)C2=C(c3ccc(-c4ccc(C(C)(C)C)cc4)cc3)N(C(=O)OC(C)(C)C)C(=O)C2=C1c1ccc(-c2ccc(C(C)(C)C)cc2)cc1. The van der Waals surface area contributed by atoms with Gasteiger partial charge in [-0.3, -0.25) is 9.59 Å². The molecule has 0 atom stereocenters. The Morgan fingerprint density at radius 2 is 0.625 bits per heavy atom. The summed E-state index contributed by atoms with van der Waals surface area (Å²) in [5.74, 6) is -1.55. The molecule has 0 spiro atoms. The van der Waals surface area contributed by atoms with Crippen LogP contribution in [-0.4, -0.2) is 45.0 Å². The van der Waals surface area contributed by atoms with Gasteiger partial charge in [0.1, 0.15) is 11.2 Å². The highest BCUT2D eigenvalue weighted by Gasteiger charge is 2.54. The van der Waals surface area contributed by atoms with Gasteiger partial charge in [-0.2, -0.15) is 0 Å². The van der Waals surface area contributed by atoms with Crippen LogP contribution in [0.25, 0.3) is 33.6 Å². The average Bonchev–Trinajstić information content (AvgIpc) is 3.57. The Balaban J connectivity index is 1.51. The number of fused-ring (bicyclic) bond motifs is 1. The van der Waals surface area contributed by atoms with Crippen molar-refractivity contribution in [2.75, 3.05) is 0 Å². The van der Waals surface area contributed by atoms with Crippen LogP contribution >= 0.6 is 0 Å². The lowest BCUT2D eigenvalue weighted by Gasteiger charge is -2.27. The topological polar surface area (TPSA) is 93.2 Å². The lowest BCUT2D eigenvalue weighted by Crippen LogP contribution is -2.40. The van der Waals surface area contributed by atoms with E-state index in [1.807, 2.05) is 24.3 Å². The first-order valence-electron chi connectivity index (χ1n) is 19.0. The fourth-order valence-electron chi connectivity index (χ4n) is 6.78. The molecule has 0 aliphatic carbocycles. The number of hydrogen-bond donors (Lipinski definition) is 0. The number of hydrogen-bond acceptors (Lipinski definition) is 6. The molecule has 0 saturated heterocycles. The highest BCUT2D eigenvalue weighted by Crippen LogP contribution is 2.48. The lowest BCUT2D eigenvalue weighted by molar-refractivity contribution is -0.123. The van der Waals surface area contributed by atoms with Crippen LogP contribution in [0, 0.1) is 0 Å². The van der Waals surface area contributed by atoms with Crippen molar-refractivity contribution >= 4 is 35.4 Å². The first-order valence-corrected chi connectivity index (χ1v) is 19.0. The zero-order chi connectivity index (χ0) is 41.1. The highest BCUT2D eigenvalue weighted by molar-refractivity contribution is 6.35. The van der Waals surface area contributed by atoms with E-state index in [1.165, 1.54) is 11.1 Å². The van der Waals surface area contributed by atoms with E-state index in [9.17, 15) is 19.2 Å². The van der Waals surface area contributed by atoms with Crippen molar-refractivity contribution in [3.05, 3.63) is 130 Å². The summed E-state index contributed by atoms with van der Waals surface area (Å²) < 4.78 is 11.5. The predicted molar refractivity (Wildman–Crippen MR) is 221 cm³/mol. The van der Waals surface area contributed by atoms with Gasteiger partial charge in [0.25, 0.3) is 11.8 Å². The maximum atomic E-state index is 14.7. The normalized spacial score (nSPS) is 15.1. The number of carbonyl (C=O) groups is 4. The Kier molecular flexibility index (Phi) is 10.0.